The van der Waals surface area contributed by atoms with Crippen molar-refractivity contribution >= 4 is 11.9 Å². The Labute approximate surface area is 162 Å². The Balaban J connectivity index is 1.58. The summed E-state index contributed by atoms with van der Waals surface area (Å²) in [5.41, 5.74) is 3.05. The first-order valence-electron chi connectivity index (χ1n) is 9.02. The molecule has 0 bridgehead atoms. The standard InChI is InChI=1S/C20H24N2O6/c1-10-17(12(3)23)11(2)22-18(10)20(25)28-13(4)19(24)21-8-14-5-6-15-16(7-14)27-9-26-15/h5-7,12-13,22-23H,8-9H2,1-4H3,(H,21,24)/t12-,13-/m0/s1. The number of ether oxygens (including phenoxy) is 3. The summed E-state index contributed by atoms with van der Waals surface area (Å²) < 4.78 is 15.8. The van der Waals surface area contributed by atoms with Crippen molar-refractivity contribution in [2.24, 2.45) is 0 Å². The van der Waals surface area contributed by atoms with E-state index in [1.165, 1.54) is 6.92 Å². The summed E-state index contributed by atoms with van der Waals surface area (Å²) in [5.74, 6) is 0.254. The van der Waals surface area contributed by atoms with Crippen molar-refractivity contribution in [2.45, 2.75) is 46.4 Å². The minimum atomic E-state index is -0.973. The third-order valence-corrected chi connectivity index (χ3v) is 4.67. The molecule has 2 heterocycles. The number of aryl methyl sites for hydroxylation is 1. The van der Waals surface area contributed by atoms with E-state index >= 15 is 0 Å². The van der Waals surface area contributed by atoms with Crippen molar-refractivity contribution in [3.8, 4) is 11.5 Å². The maximum Gasteiger partial charge on any atom is 0.355 e. The van der Waals surface area contributed by atoms with E-state index in [0.29, 0.717) is 28.3 Å². The third-order valence-electron chi connectivity index (χ3n) is 4.67. The number of rotatable bonds is 6. The van der Waals surface area contributed by atoms with Crippen LogP contribution in [0.3, 0.4) is 0 Å². The van der Waals surface area contributed by atoms with E-state index in [2.05, 4.69) is 10.3 Å². The van der Waals surface area contributed by atoms with Crippen LogP contribution in [-0.4, -0.2) is 34.9 Å². The molecule has 1 aromatic heterocycles. The van der Waals surface area contributed by atoms with Gasteiger partial charge in [0, 0.05) is 17.8 Å². The Kier molecular flexibility index (Phi) is 5.60. The van der Waals surface area contributed by atoms with Gasteiger partial charge in [0.05, 0.1) is 6.10 Å². The Morgan fingerprint density at radius 1 is 1.25 bits per heavy atom. The van der Waals surface area contributed by atoms with Gasteiger partial charge in [-0.15, -0.1) is 0 Å². The van der Waals surface area contributed by atoms with E-state index in [-0.39, 0.29) is 19.0 Å². The van der Waals surface area contributed by atoms with E-state index < -0.39 is 24.1 Å². The molecule has 2 atom stereocenters. The average Bonchev–Trinajstić information content (AvgIpc) is 3.22. The number of esters is 1. The molecule has 1 aliphatic heterocycles. The molecular formula is C20H24N2O6. The number of aliphatic hydroxyl groups excluding tert-OH is 1. The van der Waals surface area contributed by atoms with Gasteiger partial charge in [-0.1, -0.05) is 6.07 Å². The first-order valence-corrected chi connectivity index (χ1v) is 9.02. The molecule has 1 aromatic carbocycles. The molecule has 0 radical (unpaired) electrons. The minimum Gasteiger partial charge on any atom is -0.454 e. The number of benzene rings is 1. The molecule has 0 unspecified atom stereocenters. The number of aromatic amines is 1. The van der Waals surface area contributed by atoms with Crippen molar-refractivity contribution in [1.82, 2.24) is 10.3 Å². The second kappa shape index (κ2) is 7.93. The maximum absolute atomic E-state index is 12.4. The number of H-pyrrole nitrogens is 1. The number of hydrogen-bond acceptors (Lipinski definition) is 6. The molecule has 2 aromatic rings. The largest absolute Gasteiger partial charge is 0.454 e. The van der Waals surface area contributed by atoms with E-state index in [9.17, 15) is 14.7 Å². The monoisotopic (exact) mass is 388 g/mol. The van der Waals surface area contributed by atoms with E-state index in [4.69, 9.17) is 14.2 Å². The molecule has 28 heavy (non-hydrogen) atoms. The highest BCUT2D eigenvalue weighted by molar-refractivity contribution is 5.92. The van der Waals surface area contributed by atoms with Crippen LogP contribution in [0.1, 0.15) is 52.8 Å². The van der Waals surface area contributed by atoms with Gasteiger partial charge in [0.2, 0.25) is 6.79 Å². The van der Waals surface area contributed by atoms with E-state index in [1.807, 2.05) is 6.07 Å². The highest BCUT2D eigenvalue weighted by Gasteiger charge is 2.24. The van der Waals surface area contributed by atoms with Crippen LogP contribution in [0, 0.1) is 13.8 Å². The Hall–Kier alpha value is -3.00. The molecular weight excluding hydrogens is 364 g/mol. The van der Waals surface area contributed by atoms with E-state index in [0.717, 1.165) is 5.56 Å². The summed E-state index contributed by atoms with van der Waals surface area (Å²) in [7, 11) is 0. The number of carbonyl (C=O) groups excluding carboxylic acids is 2. The zero-order valence-electron chi connectivity index (χ0n) is 16.3. The number of fused-ring (bicyclic) bond motifs is 1. The van der Waals surface area contributed by atoms with Gasteiger partial charge in [0.25, 0.3) is 5.91 Å². The molecule has 0 aliphatic carbocycles. The van der Waals surface area contributed by atoms with Crippen LogP contribution >= 0.6 is 0 Å². The Morgan fingerprint density at radius 2 is 1.96 bits per heavy atom. The number of aromatic nitrogens is 1. The van der Waals surface area contributed by atoms with Crippen molar-refractivity contribution in [3.63, 3.8) is 0 Å². The molecule has 0 fully saturated rings. The highest BCUT2D eigenvalue weighted by Crippen LogP contribution is 2.32. The molecule has 0 spiro atoms. The number of carbonyl (C=O) groups is 2. The lowest BCUT2D eigenvalue weighted by Gasteiger charge is -2.14. The Bertz CT molecular complexity index is 902. The predicted molar refractivity (Wildman–Crippen MR) is 100 cm³/mol. The third kappa shape index (κ3) is 3.96. The number of amides is 1. The fourth-order valence-electron chi connectivity index (χ4n) is 3.25. The smallest absolute Gasteiger partial charge is 0.355 e. The summed E-state index contributed by atoms with van der Waals surface area (Å²) >= 11 is 0. The summed E-state index contributed by atoms with van der Waals surface area (Å²) in [4.78, 5) is 27.6. The average molecular weight is 388 g/mol. The van der Waals surface area contributed by atoms with Gasteiger partial charge in [-0.05, 0) is 51.0 Å². The van der Waals surface area contributed by atoms with Gasteiger partial charge >= 0.3 is 5.97 Å². The number of nitrogens with one attached hydrogen (secondary N) is 2. The second-order valence-corrected chi connectivity index (χ2v) is 6.79. The Morgan fingerprint density at radius 3 is 2.64 bits per heavy atom. The molecule has 0 saturated heterocycles. The number of aliphatic hydroxyl groups is 1. The molecule has 1 aliphatic rings. The molecule has 8 nitrogen and oxygen atoms in total. The minimum absolute atomic E-state index is 0.187. The second-order valence-electron chi connectivity index (χ2n) is 6.79. The maximum atomic E-state index is 12.4. The van der Waals surface area contributed by atoms with Crippen LogP contribution in [0.25, 0.3) is 0 Å². The lowest BCUT2D eigenvalue weighted by molar-refractivity contribution is -0.129. The van der Waals surface area contributed by atoms with Gasteiger partial charge in [0.1, 0.15) is 5.69 Å². The van der Waals surface area contributed by atoms with Crippen LogP contribution in [0.4, 0.5) is 0 Å². The van der Waals surface area contributed by atoms with Gasteiger partial charge in [-0.25, -0.2) is 4.79 Å². The van der Waals surface area contributed by atoms with Gasteiger partial charge in [0.15, 0.2) is 17.6 Å². The molecule has 3 N–H and O–H groups in total. The quantitative estimate of drug-likeness (QED) is 0.655. The van der Waals surface area contributed by atoms with Crippen LogP contribution < -0.4 is 14.8 Å². The first kappa shape index (κ1) is 19.8. The highest BCUT2D eigenvalue weighted by atomic mass is 16.7. The topological polar surface area (TPSA) is 110 Å². The van der Waals surface area contributed by atoms with Crippen molar-refractivity contribution < 1.29 is 28.9 Å². The number of hydrogen-bond donors (Lipinski definition) is 3. The first-order chi connectivity index (χ1) is 13.3. The zero-order chi connectivity index (χ0) is 20.4. The van der Waals surface area contributed by atoms with Crippen LogP contribution in [0.5, 0.6) is 11.5 Å². The normalized spacial score (nSPS) is 14.5. The van der Waals surface area contributed by atoms with Crippen molar-refractivity contribution in [3.05, 3.63) is 46.3 Å². The summed E-state index contributed by atoms with van der Waals surface area (Å²) in [6, 6.07) is 5.40. The molecule has 8 heteroatoms. The predicted octanol–water partition coefficient (Wildman–Crippen LogP) is 2.28. The van der Waals surface area contributed by atoms with Crippen molar-refractivity contribution in [1.29, 1.82) is 0 Å². The van der Waals surface area contributed by atoms with E-state index in [1.54, 1.807) is 32.9 Å². The lowest BCUT2D eigenvalue weighted by atomic mass is 10.1. The summed E-state index contributed by atoms with van der Waals surface area (Å²) in [6.07, 6.45) is -1.68. The van der Waals surface area contributed by atoms with Crippen LogP contribution in [-0.2, 0) is 16.1 Å². The van der Waals surface area contributed by atoms with Crippen LogP contribution in [0.15, 0.2) is 18.2 Å². The molecule has 0 saturated carbocycles. The zero-order valence-corrected chi connectivity index (χ0v) is 16.3. The van der Waals surface area contributed by atoms with Gasteiger partial charge < -0.3 is 29.6 Å². The van der Waals surface area contributed by atoms with Crippen molar-refractivity contribution in [2.75, 3.05) is 6.79 Å². The lowest BCUT2D eigenvalue weighted by Crippen LogP contribution is -2.35. The fraction of sp³-hybridized carbons (Fsp3) is 0.400. The molecule has 1 amide bonds. The summed E-state index contributed by atoms with van der Waals surface area (Å²) in [6.45, 7) is 7.09. The summed E-state index contributed by atoms with van der Waals surface area (Å²) in [5, 5.41) is 12.6. The molecule has 150 valence electrons. The SMILES string of the molecule is Cc1[nH]c(C(=O)O[C@@H](C)C(=O)NCc2ccc3c(c2)OCO3)c(C)c1[C@H](C)O. The van der Waals surface area contributed by atoms with Gasteiger partial charge in [-0.2, -0.15) is 0 Å². The fourth-order valence-corrected chi connectivity index (χ4v) is 3.25. The molecule has 3 rings (SSSR count). The van der Waals surface area contributed by atoms with Gasteiger partial charge in [-0.3, -0.25) is 4.79 Å². The van der Waals surface area contributed by atoms with Crippen LogP contribution in [0.2, 0.25) is 0 Å².